The Morgan fingerprint density at radius 2 is 1.88 bits per heavy atom. The number of nitrogens with one attached hydrogen (secondary N) is 1. The first-order valence-corrected chi connectivity index (χ1v) is 11.9. The van der Waals surface area contributed by atoms with Crippen LogP contribution >= 0.6 is 0 Å². The van der Waals surface area contributed by atoms with Crippen LogP contribution in [0.2, 0.25) is 0 Å². The van der Waals surface area contributed by atoms with Crippen LogP contribution in [0, 0.1) is 5.82 Å². The molecule has 2 unspecified atom stereocenters. The lowest BCUT2D eigenvalue weighted by Gasteiger charge is -2.42. The zero-order valence-electron chi connectivity index (χ0n) is 18.5. The van der Waals surface area contributed by atoms with Gasteiger partial charge in [-0.05, 0) is 55.4 Å². The van der Waals surface area contributed by atoms with Gasteiger partial charge in [-0.1, -0.05) is 6.07 Å². The van der Waals surface area contributed by atoms with Crippen molar-refractivity contribution in [3.05, 3.63) is 53.9 Å². The normalized spacial score (nSPS) is 22.3. The lowest BCUT2D eigenvalue weighted by atomic mass is 10.1. The average Bonchev–Trinajstić information content (AvgIpc) is 3.52. The molecule has 1 aliphatic carbocycles. The van der Waals surface area contributed by atoms with Crippen LogP contribution in [-0.4, -0.2) is 62.1 Å². The fourth-order valence-corrected chi connectivity index (χ4v) is 5.33. The van der Waals surface area contributed by atoms with Crippen molar-refractivity contribution >= 4 is 17.4 Å². The third kappa shape index (κ3) is 3.94. The predicted molar refractivity (Wildman–Crippen MR) is 121 cm³/mol. The van der Waals surface area contributed by atoms with Crippen LogP contribution in [0.25, 0.3) is 5.65 Å². The Hall–Kier alpha value is -3.07. The molecule has 2 bridgehead atoms. The summed E-state index contributed by atoms with van der Waals surface area (Å²) in [6.45, 7) is 2.27. The number of rotatable bonds is 7. The van der Waals surface area contributed by atoms with Gasteiger partial charge >= 0.3 is 0 Å². The Morgan fingerprint density at radius 1 is 1.06 bits per heavy atom. The van der Waals surface area contributed by atoms with E-state index in [1.807, 2.05) is 11.1 Å². The van der Waals surface area contributed by atoms with Crippen molar-refractivity contribution in [1.82, 2.24) is 29.8 Å². The molecule has 2 aliphatic heterocycles. The summed E-state index contributed by atoms with van der Waals surface area (Å²) >= 11 is 0. The maximum absolute atomic E-state index is 14.2. The first-order chi connectivity index (χ1) is 16.2. The molecule has 172 valence electrons. The number of nitrogens with zero attached hydrogens (tertiary/aromatic N) is 6. The predicted octanol–water partition coefficient (Wildman–Crippen LogP) is 2.50. The molecule has 2 atom stereocenters. The van der Waals surface area contributed by atoms with Crippen molar-refractivity contribution in [2.75, 3.05) is 24.5 Å². The quantitative estimate of drug-likeness (QED) is 0.559. The Balaban J connectivity index is 1.03. The van der Waals surface area contributed by atoms with Crippen molar-refractivity contribution in [2.45, 2.75) is 56.7 Å². The monoisotopic (exact) mass is 449 g/mol. The Kier molecular flexibility index (Phi) is 5.21. The third-order valence-corrected chi connectivity index (χ3v) is 7.21. The molecule has 5 heterocycles. The van der Waals surface area contributed by atoms with Gasteiger partial charge in [-0.25, -0.2) is 18.9 Å². The lowest BCUT2D eigenvalue weighted by molar-refractivity contribution is -0.132. The fourth-order valence-electron chi connectivity index (χ4n) is 5.33. The van der Waals surface area contributed by atoms with Gasteiger partial charge in [0.25, 0.3) is 0 Å². The van der Waals surface area contributed by atoms with Crippen molar-refractivity contribution in [3.63, 3.8) is 0 Å². The van der Waals surface area contributed by atoms with E-state index in [1.165, 1.54) is 35.3 Å². The first kappa shape index (κ1) is 20.5. The van der Waals surface area contributed by atoms with Gasteiger partial charge in [0, 0.05) is 50.9 Å². The summed E-state index contributed by atoms with van der Waals surface area (Å²) in [5, 5.41) is 7.27. The maximum Gasteiger partial charge on any atom is 0.223 e. The topological polar surface area (TPSA) is 78.7 Å². The maximum atomic E-state index is 14.2. The molecule has 33 heavy (non-hydrogen) atoms. The van der Waals surface area contributed by atoms with Gasteiger partial charge < -0.3 is 15.1 Å². The lowest BCUT2D eigenvalue weighted by Crippen LogP contribution is -2.56. The van der Waals surface area contributed by atoms with E-state index in [9.17, 15) is 9.18 Å². The highest BCUT2D eigenvalue weighted by Gasteiger charge is 2.41. The number of carbonyl (C=O) groups excluding carboxylic acids is 1. The largest absolute Gasteiger partial charge is 0.347 e. The van der Waals surface area contributed by atoms with Gasteiger partial charge in [0.05, 0.1) is 5.69 Å². The Morgan fingerprint density at radius 3 is 2.61 bits per heavy atom. The zero-order chi connectivity index (χ0) is 22.4. The highest BCUT2D eigenvalue weighted by molar-refractivity contribution is 5.77. The second-order valence-electron chi connectivity index (χ2n) is 9.40. The van der Waals surface area contributed by atoms with E-state index in [2.05, 4.69) is 32.4 Å². The van der Waals surface area contributed by atoms with E-state index in [0.717, 1.165) is 31.7 Å². The van der Waals surface area contributed by atoms with E-state index in [4.69, 9.17) is 4.98 Å². The van der Waals surface area contributed by atoms with Crippen molar-refractivity contribution in [2.24, 2.45) is 0 Å². The number of carbonyl (C=O) groups is 1. The first-order valence-electron chi connectivity index (χ1n) is 11.9. The number of aromatic nitrogens is 4. The molecule has 3 aromatic heterocycles. The van der Waals surface area contributed by atoms with E-state index in [0.29, 0.717) is 48.9 Å². The number of likely N-dealkylation sites (tertiary alicyclic amines) is 1. The summed E-state index contributed by atoms with van der Waals surface area (Å²) in [5.41, 5.74) is 2.38. The van der Waals surface area contributed by atoms with Crippen LogP contribution in [0.3, 0.4) is 0 Å². The fraction of sp³-hybridized carbons (Fsp3) is 0.500. The summed E-state index contributed by atoms with van der Waals surface area (Å²) in [6.07, 6.45) is 8.60. The molecule has 3 aliphatic rings. The molecule has 8 nitrogen and oxygen atoms in total. The molecule has 1 N–H and O–H groups in total. The third-order valence-electron chi connectivity index (χ3n) is 7.21. The molecule has 0 spiro atoms. The summed E-state index contributed by atoms with van der Waals surface area (Å²) < 4.78 is 15.7. The summed E-state index contributed by atoms with van der Waals surface area (Å²) in [7, 11) is 0. The van der Waals surface area contributed by atoms with Gasteiger partial charge in [0.1, 0.15) is 18.0 Å². The minimum atomic E-state index is -0.335. The number of halogens is 1. The Labute approximate surface area is 191 Å². The summed E-state index contributed by atoms with van der Waals surface area (Å²) in [6, 6.07) is 8.05. The van der Waals surface area contributed by atoms with Crippen molar-refractivity contribution in [3.8, 4) is 0 Å². The molecule has 0 radical (unpaired) electrons. The minimum absolute atomic E-state index is 0.149. The second kappa shape index (κ2) is 8.37. The highest BCUT2D eigenvalue weighted by atomic mass is 19.1. The Bertz CT molecular complexity index is 1150. The number of hydrogen-bond donors (Lipinski definition) is 1. The van der Waals surface area contributed by atoms with Gasteiger partial charge in [-0.2, -0.15) is 5.10 Å². The molecular formula is C24H28FN7O. The number of fused-ring (bicyclic) bond motifs is 3. The molecule has 9 heteroatoms. The smallest absolute Gasteiger partial charge is 0.223 e. The van der Waals surface area contributed by atoms with Crippen LogP contribution in [0.1, 0.15) is 49.3 Å². The average molecular weight is 450 g/mol. The van der Waals surface area contributed by atoms with E-state index in [-0.39, 0.29) is 11.7 Å². The van der Waals surface area contributed by atoms with Crippen LogP contribution < -0.4 is 10.2 Å². The van der Waals surface area contributed by atoms with Gasteiger partial charge in [0.15, 0.2) is 5.65 Å². The zero-order valence-corrected chi connectivity index (χ0v) is 18.5. The van der Waals surface area contributed by atoms with Gasteiger partial charge in [0.2, 0.25) is 5.91 Å². The number of pyridine rings is 2. The van der Waals surface area contributed by atoms with Crippen LogP contribution in [0.15, 0.2) is 36.8 Å². The van der Waals surface area contributed by atoms with E-state index in [1.54, 1.807) is 6.07 Å². The SMILES string of the molecule is O=C(CCNCc1c(F)ccc2ncnn12)N1CC2CCC(C1)N2c1ccc(C2CC2)cn1. The minimum Gasteiger partial charge on any atom is -0.347 e. The van der Waals surface area contributed by atoms with Crippen molar-refractivity contribution < 1.29 is 9.18 Å². The number of anilines is 1. The summed E-state index contributed by atoms with van der Waals surface area (Å²) in [5.74, 6) is 1.57. The van der Waals surface area contributed by atoms with Gasteiger partial charge in [-0.3, -0.25) is 4.79 Å². The van der Waals surface area contributed by atoms with E-state index < -0.39 is 0 Å². The second-order valence-corrected chi connectivity index (χ2v) is 9.40. The molecule has 3 fully saturated rings. The number of hydrogen-bond acceptors (Lipinski definition) is 6. The highest BCUT2D eigenvalue weighted by Crippen LogP contribution is 2.41. The molecule has 0 aromatic carbocycles. The standard InChI is InChI=1S/C24H28FN7O/c25-20-6-8-23-28-15-29-32(23)21(20)12-26-10-9-24(33)30-13-18-4-5-19(14-30)31(18)22-7-3-17(11-27-22)16-1-2-16/h3,6-8,11,15-16,18-19,26H,1-2,4-5,9-10,12-14H2. The molecule has 2 saturated heterocycles. The van der Waals surface area contributed by atoms with Crippen LogP contribution in [0.4, 0.5) is 10.2 Å². The molecule has 1 saturated carbocycles. The number of piperazine rings is 1. The molecule has 6 rings (SSSR count). The molecular weight excluding hydrogens is 421 g/mol. The van der Waals surface area contributed by atoms with E-state index >= 15 is 0 Å². The van der Waals surface area contributed by atoms with Crippen LogP contribution in [0.5, 0.6) is 0 Å². The number of amides is 1. The van der Waals surface area contributed by atoms with Crippen molar-refractivity contribution in [1.29, 1.82) is 0 Å². The molecule has 3 aromatic rings. The van der Waals surface area contributed by atoms with Crippen LogP contribution in [-0.2, 0) is 11.3 Å². The summed E-state index contributed by atoms with van der Waals surface area (Å²) in [4.78, 5) is 26.2. The molecule has 1 amide bonds. The van der Waals surface area contributed by atoms with Gasteiger partial charge in [-0.15, -0.1) is 0 Å².